The lowest BCUT2D eigenvalue weighted by Gasteiger charge is -2.09. The summed E-state index contributed by atoms with van der Waals surface area (Å²) in [5.74, 6) is 0.451. The van der Waals surface area contributed by atoms with Gasteiger partial charge in [-0.1, -0.05) is 35.9 Å². The predicted octanol–water partition coefficient (Wildman–Crippen LogP) is 5.62. The van der Waals surface area contributed by atoms with Gasteiger partial charge < -0.3 is 4.42 Å². The number of alkyl halides is 3. The highest BCUT2D eigenvalue weighted by atomic mass is 35.5. The van der Waals surface area contributed by atoms with Crippen LogP contribution in [0.3, 0.4) is 0 Å². The molecule has 0 N–H and O–H groups in total. The van der Waals surface area contributed by atoms with E-state index >= 15 is 0 Å². The van der Waals surface area contributed by atoms with Gasteiger partial charge in [0.05, 0.1) is 21.7 Å². The summed E-state index contributed by atoms with van der Waals surface area (Å²) in [6.45, 7) is 0. The zero-order chi connectivity index (χ0) is 18.3. The van der Waals surface area contributed by atoms with Crippen LogP contribution in [0, 0.1) is 0 Å². The summed E-state index contributed by atoms with van der Waals surface area (Å²) >= 11 is 6.35. The largest absolute Gasteiger partial charge is 0.416 e. The maximum Gasteiger partial charge on any atom is 0.416 e. The molecule has 0 unspecified atom stereocenters. The molecular weight excluding hydrogens is 367 g/mol. The average Bonchev–Trinajstić information content (AvgIpc) is 3.11. The minimum atomic E-state index is -4.45. The van der Waals surface area contributed by atoms with Crippen LogP contribution >= 0.6 is 11.6 Å². The van der Waals surface area contributed by atoms with Crippen molar-refractivity contribution in [3.8, 4) is 22.9 Å². The molecule has 0 saturated heterocycles. The van der Waals surface area contributed by atoms with Crippen LogP contribution in [0.25, 0.3) is 33.8 Å². The Balaban J connectivity index is 1.78. The lowest BCUT2D eigenvalue weighted by atomic mass is 10.1. The van der Waals surface area contributed by atoms with Crippen molar-refractivity contribution in [2.75, 3.05) is 0 Å². The Morgan fingerprint density at radius 2 is 1.65 bits per heavy atom. The molecular formula is C18H9ClF3N3O. The number of benzene rings is 2. The van der Waals surface area contributed by atoms with Crippen molar-refractivity contribution >= 4 is 22.5 Å². The Kier molecular flexibility index (Phi) is 3.88. The van der Waals surface area contributed by atoms with E-state index in [0.717, 1.165) is 17.7 Å². The molecule has 0 saturated carbocycles. The second-order valence-electron chi connectivity index (χ2n) is 5.49. The predicted molar refractivity (Wildman–Crippen MR) is 90.5 cm³/mol. The Morgan fingerprint density at radius 3 is 2.38 bits per heavy atom. The van der Waals surface area contributed by atoms with Gasteiger partial charge in [-0.2, -0.15) is 13.2 Å². The highest BCUT2D eigenvalue weighted by molar-refractivity contribution is 6.37. The highest BCUT2D eigenvalue weighted by Gasteiger charge is 2.31. The van der Waals surface area contributed by atoms with Gasteiger partial charge in [-0.3, -0.25) is 4.98 Å². The van der Waals surface area contributed by atoms with Gasteiger partial charge in [-0.15, -0.1) is 10.2 Å². The standard InChI is InChI=1S/C18H9ClF3N3O/c19-15-12-7-6-11(18(20,21)22)8-14(12)23-9-13(15)17-25-24-16(26-17)10-4-2-1-3-5-10/h1-9H. The molecule has 0 bridgehead atoms. The number of pyridine rings is 1. The SMILES string of the molecule is FC(F)(F)c1ccc2c(Cl)c(-c3nnc(-c4ccccc4)o3)cnc2c1. The van der Waals surface area contributed by atoms with Crippen LogP contribution in [0.5, 0.6) is 0 Å². The van der Waals surface area contributed by atoms with E-state index < -0.39 is 11.7 Å². The molecule has 2 aromatic carbocycles. The molecule has 2 aromatic heterocycles. The third-order valence-electron chi connectivity index (χ3n) is 3.81. The third kappa shape index (κ3) is 2.90. The number of nitrogens with zero attached hydrogens (tertiary/aromatic N) is 3. The van der Waals surface area contributed by atoms with Crippen molar-refractivity contribution in [2.45, 2.75) is 6.18 Å². The van der Waals surface area contributed by atoms with E-state index in [2.05, 4.69) is 15.2 Å². The number of hydrogen-bond acceptors (Lipinski definition) is 4. The molecule has 0 aliphatic carbocycles. The summed E-state index contributed by atoms with van der Waals surface area (Å²) in [5, 5.41) is 8.52. The molecule has 2 heterocycles. The van der Waals surface area contributed by atoms with Gasteiger partial charge in [0.15, 0.2) is 0 Å². The average molecular weight is 376 g/mol. The van der Waals surface area contributed by atoms with Crippen LogP contribution in [0.2, 0.25) is 5.02 Å². The van der Waals surface area contributed by atoms with Gasteiger partial charge in [-0.05, 0) is 24.3 Å². The molecule has 4 rings (SSSR count). The van der Waals surface area contributed by atoms with Gasteiger partial charge in [0.2, 0.25) is 5.89 Å². The van der Waals surface area contributed by atoms with Gasteiger partial charge in [0.25, 0.3) is 5.89 Å². The molecule has 8 heteroatoms. The van der Waals surface area contributed by atoms with Crippen molar-refractivity contribution in [3.05, 3.63) is 65.3 Å². The van der Waals surface area contributed by atoms with E-state index in [9.17, 15) is 13.2 Å². The fourth-order valence-corrected chi connectivity index (χ4v) is 2.80. The second kappa shape index (κ2) is 6.10. The summed E-state index contributed by atoms with van der Waals surface area (Å²) in [7, 11) is 0. The van der Waals surface area contributed by atoms with Crippen molar-refractivity contribution in [1.29, 1.82) is 0 Å². The first-order chi connectivity index (χ1) is 12.4. The first-order valence-corrected chi connectivity index (χ1v) is 7.86. The van der Waals surface area contributed by atoms with E-state index in [4.69, 9.17) is 16.0 Å². The monoisotopic (exact) mass is 375 g/mol. The Bertz CT molecular complexity index is 1090. The second-order valence-corrected chi connectivity index (χ2v) is 5.87. The molecule has 0 aliphatic heterocycles. The zero-order valence-corrected chi connectivity index (χ0v) is 13.7. The van der Waals surface area contributed by atoms with Crippen molar-refractivity contribution < 1.29 is 17.6 Å². The van der Waals surface area contributed by atoms with Crippen LogP contribution in [0.4, 0.5) is 13.2 Å². The minimum Gasteiger partial charge on any atom is -0.416 e. The van der Waals surface area contributed by atoms with Crippen molar-refractivity contribution in [3.63, 3.8) is 0 Å². The van der Waals surface area contributed by atoms with Gasteiger partial charge in [0.1, 0.15) is 0 Å². The Labute approximate surface area is 150 Å². The first kappa shape index (κ1) is 16.5. The summed E-state index contributed by atoms with van der Waals surface area (Å²) in [6, 6.07) is 12.4. The summed E-state index contributed by atoms with van der Waals surface area (Å²) in [5.41, 5.74) is 0.446. The number of fused-ring (bicyclic) bond motifs is 1. The van der Waals surface area contributed by atoms with Gasteiger partial charge in [0, 0.05) is 17.1 Å². The molecule has 4 aromatic rings. The number of aromatic nitrogens is 3. The number of halogens is 4. The normalized spacial score (nSPS) is 11.8. The van der Waals surface area contributed by atoms with Gasteiger partial charge in [-0.25, -0.2) is 0 Å². The molecule has 0 spiro atoms. The van der Waals surface area contributed by atoms with Gasteiger partial charge >= 0.3 is 6.18 Å². The van der Waals surface area contributed by atoms with Crippen molar-refractivity contribution in [2.24, 2.45) is 0 Å². The molecule has 4 nitrogen and oxygen atoms in total. The molecule has 0 radical (unpaired) electrons. The lowest BCUT2D eigenvalue weighted by molar-refractivity contribution is -0.137. The van der Waals surface area contributed by atoms with E-state index in [1.54, 1.807) is 0 Å². The molecule has 130 valence electrons. The fourth-order valence-electron chi connectivity index (χ4n) is 2.51. The number of rotatable bonds is 2. The maximum absolute atomic E-state index is 12.8. The smallest absolute Gasteiger partial charge is 0.416 e. The third-order valence-corrected chi connectivity index (χ3v) is 4.21. The summed E-state index contributed by atoms with van der Waals surface area (Å²) < 4.78 is 44.1. The first-order valence-electron chi connectivity index (χ1n) is 7.48. The van der Waals surface area contributed by atoms with E-state index in [0.29, 0.717) is 16.8 Å². The Morgan fingerprint density at radius 1 is 0.923 bits per heavy atom. The van der Waals surface area contributed by atoms with Crippen LogP contribution < -0.4 is 0 Å². The summed E-state index contributed by atoms with van der Waals surface area (Å²) in [6.07, 6.45) is -3.12. The van der Waals surface area contributed by atoms with E-state index in [-0.39, 0.29) is 16.4 Å². The number of hydrogen-bond donors (Lipinski definition) is 0. The van der Waals surface area contributed by atoms with E-state index in [1.807, 2.05) is 30.3 Å². The zero-order valence-electron chi connectivity index (χ0n) is 13.0. The van der Waals surface area contributed by atoms with E-state index in [1.165, 1.54) is 12.3 Å². The Hall–Kier alpha value is -2.93. The molecule has 0 atom stereocenters. The summed E-state index contributed by atoms with van der Waals surface area (Å²) in [4.78, 5) is 4.06. The minimum absolute atomic E-state index is 0.136. The fraction of sp³-hybridized carbons (Fsp3) is 0.0556. The molecule has 0 aliphatic rings. The van der Waals surface area contributed by atoms with Crippen LogP contribution in [0.15, 0.2) is 59.1 Å². The molecule has 26 heavy (non-hydrogen) atoms. The molecule has 0 fully saturated rings. The van der Waals surface area contributed by atoms with Crippen molar-refractivity contribution in [1.82, 2.24) is 15.2 Å². The molecule has 0 amide bonds. The van der Waals surface area contributed by atoms with Crippen LogP contribution in [0.1, 0.15) is 5.56 Å². The van der Waals surface area contributed by atoms with Crippen LogP contribution in [-0.2, 0) is 6.18 Å². The topological polar surface area (TPSA) is 51.8 Å². The maximum atomic E-state index is 12.8. The van der Waals surface area contributed by atoms with Crippen LogP contribution in [-0.4, -0.2) is 15.2 Å². The lowest BCUT2D eigenvalue weighted by Crippen LogP contribution is -2.04. The quantitative estimate of drug-likeness (QED) is 0.456. The highest BCUT2D eigenvalue weighted by Crippen LogP contribution is 2.36.